The summed E-state index contributed by atoms with van der Waals surface area (Å²) >= 11 is 0. The number of hydrogen-bond donors (Lipinski definition) is 4. The third-order valence-electron chi connectivity index (χ3n) is 6.27. The monoisotopic (exact) mass is 447 g/mol. The predicted molar refractivity (Wildman–Crippen MR) is 122 cm³/mol. The quantitative estimate of drug-likeness (QED) is 0.355. The minimum atomic E-state index is -0.642. The zero-order chi connectivity index (χ0) is 23.3. The molecule has 2 fully saturated rings. The molecule has 1 aromatic rings. The van der Waals surface area contributed by atoms with Crippen molar-refractivity contribution in [3.05, 3.63) is 35.9 Å². The summed E-state index contributed by atoms with van der Waals surface area (Å²) in [6, 6.07) is 10.2. The standard InChI is InChI=1S/C23H35N3O3.CH2O2/c1-26-13-11-19(12-14-26)24-23(29)18-15-20(21(27)16-18)25-22(28)10-6-5-9-17-7-3-2-4-8-17;2-1-3/h2-4,7-8,18-21,27H,5-6,9-16H2,1H3,(H,24,29)(H,25,28);1H,(H,2,3)/t18-,20-,21-;/m0./s1. The van der Waals surface area contributed by atoms with Gasteiger partial charge in [-0.05, 0) is 70.6 Å². The number of likely N-dealkylation sites (tertiary alicyclic amines) is 1. The number of carboxylic acid groups (broad SMARTS) is 1. The molecule has 1 heterocycles. The maximum Gasteiger partial charge on any atom is 0.290 e. The summed E-state index contributed by atoms with van der Waals surface area (Å²) in [5.41, 5.74) is 1.29. The second-order valence-electron chi connectivity index (χ2n) is 8.79. The second kappa shape index (κ2) is 13.9. The molecule has 4 N–H and O–H groups in total. The van der Waals surface area contributed by atoms with Crippen molar-refractivity contribution in [2.24, 2.45) is 5.92 Å². The number of nitrogens with zero attached hydrogens (tertiary/aromatic N) is 1. The van der Waals surface area contributed by atoms with Gasteiger partial charge in [-0.2, -0.15) is 0 Å². The van der Waals surface area contributed by atoms with Gasteiger partial charge in [0.15, 0.2) is 0 Å². The molecular weight excluding hydrogens is 410 g/mol. The van der Waals surface area contributed by atoms with Crippen LogP contribution in [-0.4, -0.2) is 71.7 Å². The van der Waals surface area contributed by atoms with E-state index in [2.05, 4.69) is 34.7 Å². The summed E-state index contributed by atoms with van der Waals surface area (Å²) in [6.07, 6.45) is 5.47. The van der Waals surface area contributed by atoms with E-state index >= 15 is 0 Å². The van der Waals surface area contributed by atoms with Crippen molar-refractivity contribution in [3.63, 3.8) is 0 Å². The van der Waals surface area contributed by atoms with Gasteiger partial charge in [0.25, 0.3) is 6.47 Å². The van der Waals surface area contributed by atoms with Crippen LogP contribution in [-0.2, 0) is 20.8 Å². The molecule has 0 aromatic heterocycles. The maximum atomic E-state index is 12.6. The Labute approximate surface area is 190 Å². The Morgan fingerprint density at radius 3 is 2.41 bits per heavy atom. The largest absolute Gasteiger partial charge is 0.483 e. The van der Waals surface area contributed by atoms with Gasteiger partial charge in [0, 0.05) is 18.4 Å². The highest BCUT2D eigenvalue weighted by Crippen LogP contribution is 2.27. The van der Waals surface area contributed by atoms with Gasteiger partial charge >= 0.3 is 0 Å². The van der Waals surface area contributed by atoms with Crippen LogP contribution in [0, 0.1) is 5.92 Å². The molecule has 3 atom stereocenters. The van der Waals surface area contributed by atoms with E-state index in [-0.39, 0.29) is 36.3 Å². The number of benzene rings is 1. The number of aliphatic hydroxyl groups excluding tert-OH is 1. The third-order valence-corrected chi connectivity index (χ3v) is 6.27. The van der Waals surface area contributed by atoms with Gasteiger partial charge in [0.05, 0.1) is 12.1 Å². The molecule has 1 aromatic carbocycles. The lowest BCUT2D eigenvalue weighted by Gasteiger charge is -2.30. The molecular formula is C24H37N3O5. The highest BCUT2D eigenvalue weighted by atomic mass is 16.3. The number of rotatable bonds is 8. The Balaban J connectivity index is 0.00000114. The number of unbranched alkanes of at least 4 members (excludes halogenated alkanes) is 1. The predicted octanol–water partition coefficient (Wildman–Crippen LogP) is 1.57. The molecule has 1 aliphatic heterocycles. The first-order valence-electron chi connectivity index (χ1n) is 11.5. The van der Waals surface area contributed by atoms with Gasteiger partial charge in [-0.1, -0.05) is 30.3 Å². The van der Waals surface area contributed by atoms with Gasteiger partial charge in [-0.15, -0.1) is 0 Å². The van der Waals surface area contributed by atoms with Crippen molar-refractivity contribution in [3.8, 4) is 0 Å². The highest BCUT2D eigenvalue weighted by Gasteiger charge is 2.38. The van der Waals surface area contributed by atoms with E-state index in [4.69, 9.17) is 9.90 Å². The van der Waals surface area contributed by atoms with Crippen LogP contribution in [0.3, 0.4) is 0 Å². The molecule has 2 aliphatic rings. The van der Waals surface area contributed by atoms with E-state index in [0.717, 1.165) is 45.2 Å². The number of aliphatic hydroxyl groups is 1. The molecule has 1 aliphatic carbocycles. The number of carbonyl (C=O) groups is 3. The Kier molecular flexibility index (Phi) is 11.2. The van der Waals surface area contributed by atoms with Crippen molar-refractivity contribution in [1.82, 2.24) is 15.5 Å². The van der Waals surface area contributed by atoms with Crippen LogP contribution >= 0.6 is 0 Å². The zero-order valence-corrected chi connectivity index (χ0v) is 18.9. The molecule has 32 heavy (non-hydrogen) atoms. The van der Waals surface area contributed by atoms with E-state index in [1.807, 2.05) is 18.2 Å². The Hall–Kier alpha value is -2.45. The van der Waals surface area contributed by atoms with Crippen LogP contribution in [0.15, 0.2) is 30.3 Å². The van der Waals surface area contributed by atoms with Crippen LogP contribution in [0.25, 0.3) is 0 Å². The number of carbonyl (C=O) groups excluding carboxylic acids is 2. The van der Waals surface area contributed by atoms with Crippen LogP contribution in [0.2, 0.25) is 0 Å². The fraction of sp³-hybridized carbons (Fsp3) is 0.625. The number of amides is 2. The molecule has 1 saturated carbocycles. The van der Waals surface area contributed by atoms with Crippen molar-refractivity contribution in [2.75, 3.05) is 20.1 Å². The number of piperidine rings is 1. The van der Waals surface area contributed by atoms with E-state index in [1.165, 1.54) is 5.56 Å². The van der Waals surface area contributed by atoms with E-state index in [9.17, 15) is 14.7 Å². The summed E-state index contributed by atoms with van der Waals surface area (Å²) < 4.78 is 0. The van der Waals surface area contributed by atoms with E-state index in [1.54, 1.807) is 0 Å². The normalized spacial score (nSPS) is 23.6. The van der Waals surface area contributed by atoms with Crippen LogP contribution < -0.4 is 10.6 Å². The Bertz CT molecular complexity index is 707. The fourth-order valence-corrected chi connectivity index (χ4v) is 4.40. The fourth-order valence-electron chi connectivity index (χ4n) is 4.40. The maximum absolute atomic E-state index is 12.6. The first kappa shape index (κ1) is 25.8. The van der Waals surface area contributed by atoms with Gasteiger partial charge < -0.3 is 25.7 Å². The molecule has 0 unspecified atom stereocenters. The lowest BCUT2D eigenvalue weighted by molar-refractivity contribution is -0.126. The average molecular weight is 448 g/mol. The smallest absolute Gasteiger partial charge is 0.290 e. The molecule has 8 nitrogen and oxygen atoms in total. The summed E-state index contributed by atoms with van der Waals surface area (Å²) in [6.45, 7) is 1.75. The molecule has 3 rings (SSSR count). The topological polar surface area (TPSA) is 119 Å². The van der Waals surface area contributed by atoms with Crippen molar-refractivity contribution in [1.29, 1.82) is 0 Å². The Morgan fingerprint density at radius 2 is 1.75 bits per heavy atom. The van der Waals surface area contributed by atoms with Crippen LogP contribution in [0.5, 0.6) is 0 Å². The van der Waals surface area contributed by atoms with Gasteiger partial charge in [-0.3, -0.25) is 14.4 Å². The summed E-state index contributed by atoms with van der Waals surface area (Å²) in [5.74, 6) is -0.218. The van der Waals surface area contributed by atoms with Crippen molar-refractivity contribution in [2.45, 2.75) is 69.6 Å². The van der Waals surface area contributed by atoms with E-state index in [0.29, 0.717) is 19.3 Å². The van der Waals surface area contributed by atoms with Gasteiger partial charge in [0.2, 0.25) is 11.8 Å². The molecule has 1 saturated heterocycles. The lowest BCUT2D eigenvalue weighted by atomic mass is 10.0. The van der Waals surface area contributed by atoms with Crippen LogP contribution in [0.4, 0.5) is 0 Å². The number of hydrogen-bond acceptors (Lipinski definition) is 5. The minimum absolute atomic E-state index is 0.0261. The summed E-state index contributed by atoms with van der Waals surface area (Å²) in [4.78, 5) is 35.5. The van der Waals surface area contributed by atoms with E-state index < -0.39 is 6.10 Å². The first-order valence-corrected chi connectivity index (χ1v) is 11.5. The summed E-state index contributed by atoms with van der Waals surface area (Å²) in [7, 11) is 2.10. The molecule has 0 bridgehead atoms. The summed E-state index contributed by atoms with van der Waals surface area (Å²) in [5, 5.41) is 23.3. The van der Waals surface area contributed by atoms with Gasteiger partial charge in [0.1, 0.15) is 0 Å². The average Bonchev–Trinajstić information content (AvgIpc) is 3.14. The molecule has 0 spiro atoms. The third kappa shape index (κ3) is 8.96. The SMILES string of the molecule is CN1CCC(NC(=O)[C@H]2C[C@H](NC(=O)CCCCc3ccccc3)[C@@H](O)C2)CC1.O=CO. The van der Waals surface area contributed by atoms with Crippen molar-refractivity contribution >= 4 is 18.3 Å². The highest BCUT2D eigenvalue weighted by molar-refractivity contribution is 5.80. The number of aryl methyl sites for hydroxylation is 1. The van der Waals surface area contributed by atoms with Crippen molar-refractivity contribution < 1.29 is 24.6 Å². The first-order chi connectivity index (χ1) is 15.4. The van der Waals surface area contributed by atoms with Gasteiger partial charge in [-0.25, -0.2) is 0 Å². The lowest BCUT2D eigenvalue weighted by Crippen LogP contribution is -2.45. The molecule has 0 radical (unpaired) electrons. The molecule has 2 amide bonds. The molecule has 178 valence electrons. The second-order valence-corrected chi connectivity index (χ2v) is 8.79. The molecule has 8 heteroatoms. The minimum Gasteiger partial charge on any atom is -0.483 e. The zero-order valence-electron chi connectivity index (χ0n) is 18.9. The van der Waals surface area contributed by atoms with Crippen LogP contribution in [0.1, 0.15) is 50.5 Å². The Morgan fingerprint density at radius 1 is 1.09 bits per heavy atom. The number of nitrogens with one attached hydrogen (secondary N) is 2.